The van der Waals surface area contributed by atoms with Crippen molar-refractivity contribution in [2.45, 2.75) is 12.8 Å². The lowest BCUT2D eigenvalue weighted by Crippen LogP contribution is -1.87. The van der Waals surface area contributed by atoms with Gasteiger partial charge in [-0.2, -0.15) is 0 Å². The third kappa shape index (κ3) is 1.30. The van der Waals surface area contributed by atoms with Gasteiger partial charge in [-0.1, -0.05) is 30.4 Å². The molecule has 0 heterocycles. The molecule has 2 aliphatic rings. The predicted molar refractivity (Wildman–Crippen MR) is 48.7 cm³/mol. The van der Waals surface area contributed by atoms with Crippen LogP contribution < -0.4 is 0 Å². The van der Waals surface area contributed by atoms with Crippen molar-refractivity contribution in [3.8, 4) is 0 Å². The summed E-state index contributed by atoms with van der Waals surface area (Å²) in [6, 6.07) is 0. The maximum Gasteiger partial charge on any atom is 0.159 e. The molecule has 0 aromatic carbocycles. The minimum atomic E-state index is 0.186. The first kappa shape index (κ1) is 7.29. The number of hydrogen-bond donors (Lipinski definition) is 0. The van der Waals surface area contributed by atoms with Gasteiger partial charge in [-0.25, -0.2) is 0 Å². The number of allylic oxidation sites excluding steroid dienone is 8. The lowest BCUT2D eigenvalue weighted by Gasteiger charge is -2.05. The van der Waals surface area contributed by atoms with Crippen LogP contribution in [0.1, 0.15) is 12.8 Å². The Morgan fingerprint density at radius 2 is 1.83 bits per heavy atom. The number of carbonyl (C=O) groups excluding carboxylic acids is 1. The molecule has 0 N–H and O–H groups in total. The van der Waals surface area contributed by atoms with Gasteiger partial charge in [0.2, 0.25) is 0 Å². The molecule has 12 heavy (non-hydrogen) atoms. The van der Waals surface area contributed by atoms with E-state index in [1.165, 1.54) is 11.1 Å². The number of hydrogen-bond acceptors (Lipinski definition) is 1. The molecule has 1 heteroatoms. The maximum atomic E-state index is 11.0. The van der Waals surface area contributed by atoms with E-state index >= 15 is 0 Å². The molecule has 0 spiro atoms. The summed E-state index contributed by atoms with van der Waals surface area (Å²) >= 11 is 0. The lowest BCUT2D eigenvalue weighted by molar-refractivity contribution is -0.113. The van der Waals surface area contributed by atoms with Gasteiger partial charge >= 0.3 is 0 Å². The fourth-order valence-electron chi connectivity index (χ4n) is 1.42. The topological polar surface area (TPSA) is 17.1 Å². The summed E-state index contributed by atoms with van der Waals surface area (Å²) in [5.41, 5.74) is 2.37. The van der Waals surface area contributed by atoms with Crippen molar-refractivity contribution in [3.63, 3.8) is 0 Å². The van der Waals surface area contributed by atoms with Crippen LogP contribution in [0.5, 0.6) is 0 Å². The Labute approximate surface area is 71.8 Å². The van der Waals surface area contributed by atoms with Crippen LogP contribution in [-0.4, -0.2) is 5.78 Å². The molecule has 2 rings (SSSR count). The summed E-state index contributed by atoms with van der Waals surface area (Å²) in [7, 11) is 0. The first-order chi connectivity index (χ1) is 5.86. The molecule has 60 valence electrons. The minimum absolute atomic E-state index is 0.186. The molecule has 0 aromatic rings. The van der Waals surface area contributed by atoms with Crippen LogP contribution in [0.2, 0.25) is 0 Å². The Balaban J connectivity index is 2.40. The Kier molecular flexibility index (Phi) is 1.78. The fourth-order valence-corrected chi connectivity index (χ4v) is 1.42. The maximum absolute atomic E-state index is 11.0. The van der Waals surface area contributed by atoms with Gasteiger partial charge in [-0.15, -0.1) is 0 Å². The van der Waals surface area contributed by atoms with Gasteiger partial charge < -0.3 is 0 Å². The second kappa shape index (κ2) is 2.94. The van der Waals surface area contributed by atoms with Crippen molar-refractivity contribution >= 4 is 5.78 Å². The SMILES string of the molecule is O=C1C=CC2=CCC=CC2=CC1. The Bertz CT molecular complexity index is 327. The van der Waals surface area contributed by atoms with E-state index in [0.717, 1.165) is 6.42 Å². The average Bonchev–Trinajstić information content (AvgIpc) is 2.29. The van der Waals surface area contributed by atoms with Crippen molar-refractivity contribution in [1.82, 2.24) is 0 Å². The zero-order valence-electron chi connectivity index (χ0n) is 6.79. The van der Waals surface area contributed by atoms with Crippen LogP contribution in [0.15, 0.2) is 47.6 Å². The summed E-state index contributed by atoms with van der Waals surface area (Å²) in [5, 5.41) is 0. The standard InChI is InChI=1S/C11H10O/c12-11-7-5-9-3-1-2-4-10(9)6-8-11/h1,3-6,8H,2,7H2. The summed E-state index contributed by atoms with van der Waals surface area (Å²) in [6.45, 7) is 0. The van der Waals surface area contributed by atoms with Gasteiger partial charge in [0.15, 0.2) is 5.78 Å². The van der Waals surface area contributed by atoms with Crippen LogP contribution in [0.4, 0.5) is 0 Å². The second-order valence-corrected chi connectivity index (χ2v) is 2.96. The number of carbonyl (C=O) groups is 1. The van der Waals surface area contributed by atoms with E-state index in [4.69, 9.17) is 0 Å². The summed E-state index contributed by atoms with van der Waals surface area (Å²) in [6.07, 6.45) is 13.4. The predicted octanol–water partition coefficient (Wildman–Crippen LogP) is 2.33. The van der Waals surface area contributed by atoms with E-state index < -0.39 is 0 Å². The minimum Gasteiger partial charge on any atom is -0.295 e. The highest BCUT2D eigenvalue weighted by atomic mass is 16.1. The molecule has 0 aromatic heterocycles. The van der Waals surface area contributed by atoms with Crippen molar-refractivity contribution in [2.24, 2.45) is 0 Å². The molecule has 0 bridgehead atoms. The summed E-state index contributed by atoms with van der Waals surface area (Å²) < 4.78 is 0. The van der Waals surface area contributed by atoms with Gasteiger partial charge in [-0.05, 0) is 23.6 Å². The van der Waals surface area contributed by atoms with Gasteiger partial charge in [0.25, 0.3) is 0 Å². The number of rotatable bonds is 0. The van der Waals surface area contributed by atoms with Gasteiger partial charge in [-0.3, -0.25) is 4.79 Å². The van der Waals surface area contributed by atoms with E-state index in [1.54, 1.807) is 6.08 Å². The zero-order valence-corrected chi connectivity index (χ0v) is 6.79. The van der Waals surface area contributed by atoms with Gasteiger partial charge in [0.05, 0.1) is 0 Å². The molecular formula is C11H10O. The van der Waals surface area contributed by atoms with E-state index in [-0.39, 0.29) is 5.78 Å². The third-order valence-electron chi connectivity index (χ3n) is 2.08. The van der Waals surface area contributed by atoms with E-state index in [2.05, 4.69) is 18.2 Å². The van der Waals surface area contributed by atoms with Crippen LogP contribution in [0.25, 0.3) is 0 Å². The van der Waals surface area contributed by atoms with Crippen molar-refractivity contribution < 1.29 is 4.79 Å². The zero-order chi connectivity index (χ0) is 8.39. The largest absolute Gasteiger partial charge is 0.295 e. The van der Waals surface area contributed by atoms with Crippen LogP contribution in [0.3, 0.4) is 0 Å². The molecule has 0 aliphatic heterocycles. The monoisotopic (exact) mass is 158 g/mol. The first-order valence-corrected chi connectivity index (χ1v) is 4.14. The van der Waals surface area contributed by atoms with E-state index in [1.807, 2.05) is 12.2 Å². The lowest BCUT2D eigenvalue weighted by atomic mass is 10.00. The second-order valence-electron chi connectivity index (χ2n) is 2.96. The highest BCUT2D eigenvalue weighted by molar-refractivity contribution is 5.92. The number of fused-ring (bicyclic) bond motifs is 1. The molecule has 0 atom stereocenters. The van der Waals surface area contributed by atoms with Crippen LogP contribution in [-0.2, 0) is 4.79 Å². The Morgan fingerprint density at radius 3 is 2.75 bits per heavy atom. The third-order valence-corrected chi connectivity index (χ3v) is 2.08. The smallest absolute Gasteiger partial charge is 0.159 e. The van der Waals surface area contributed by atoms with E-state index in [9.17, 15) is 4.79 Å². The average molecular weight is 158 g/mol. The van der Waals surface area contributed by atoms with Crippen molar-refractivity contribution in [1.29, 1.82) is 0 Å². The highest BCUT2D eigenvalue weighted by Gasteiger charge is 2.07. The fraction of sp³-hybridized carbons (Fsp3) is 0.182. The first-order valence-electron chi connectivity index (χ1n) is 4.14. The molecule has 0 fully saturated rings. The molecule has 0 saturated heterocycles. The van der Waals surface area contributed by atoms with Crippen molar-refractivity contribution in [3.05, 3.63) is 47.6 Å². The molecular weight excluding hydrogens is 148 g/mol. The Morgan fingerprint density at radius 1 is 1.00 bits per heavy atom. The van der Waals surface area contributed by atoms with Crippen molar-refractivity contribution in [2.75, 3.05) is 0 Å². The molecule has 0 radical (unpaired) electrons. The number of ketones is 1. The van der Waals surface area contributed by atoms with Gasteiger partial charge in [0.1, 0.15) is 0 Å². The molecule has 1 nitrogen and oxygen atoms in total. The molecule has 0 amide bonds. The molecule has 0 unspecified atom stereocenters. The van der Waals surface area contributed by atoms with E-state index in [0.29, 0.717) is 6.42 Å². The molecule has 0 saturated carbocycles. The quantitative estimate of drug-likeness (QED) is 0.528. The Hall–Kier alpha value is -1.37. The van der Waals surface area contributed by atoms with Gasteiger partial charge in [0, 0.05) is 6.42 Å². The van der Waals surface area contributed by atoms with Crippen LogP contribution in [0, 0.1) is 0 Å². The summed E-state index contributed by atoms with van der Waals surface area (Å²) in [5.74, 6) is 0.186. The normalized spacial score (nSPS) is 21.2. The highest BCUT2D eigenvalue weighted by Crippen LogP contribution is 2.21. The molecule has 2 aliphatic carbocycles. The summed E-state index contributed by atoms with van der Waals surface area (Å²) in [4.78, 5) is 11.0. The van der Waals surface area contributed by atoms with Crippen LogP contribution >= 0.6 is 0 Å².